The van der Waals surface area contributed by atoms with Crippen LogP contribution in [0.3, 0.4) is 0 Å². The monoisotopic (exact) mass is 387 g/mol. The number of nitrogens with one attached hydrogen (secondary N) is 1. The molecule has 0 aliphatic rings. The molecule has 0 amide bonds. The van der Waals surface area contributed by atoms with Crippen LogP contribution in [0.25, 0.3) is 11.5 Å². The van der Waals surface area contributed by atoms with Crippen molar-refractivity contribution in [3.8, 4) is 11.5 Å². The third-order valence-electron chi connectivity index (χ3n) is 3.43. The number of hydrogen-bond acceptors (Lipinski definition) is 5. The SMILES string of the molecule is O=[N+]([O-])c1cc(Br)ccc1NCCc1coc(-c2ccccc2)n1. The van der Waals surface area contributed by atoms with Crippen LogP contribution in [0.15, 0.2) is 63.7 Å². The van der Waals surface area contributed by atoms with Gasteiger partial charge in [-0.1, -0.05) is 34.1 Å². The van der Waals surface area contributed by atoms with E-state index in [-0.39, 0.29) is 5.69 Å². The highest BCUT2D eigenvalue weighted by Gasteiger charge is 2.14. The van der Waals surface area contributed by atoms with Gasteiger partial charge in [0.1, 0.15) is 12.0 Å². The fourth-order valence-corrected chi connectivity index (χ4v) is 2.61. The Hall–Kier alpha value is -2.67. The molecule has 0 saturated carbocycles. The number of anilines is 1. The van der Waals surface area contributed by atoms with Gasteiger partial charge in [-0.3, -0.25) is 10.1 Å². The van der Waals surface area contributed by atoms with Gasteiger partial charge in [-0.25, -0.2) is 4.98 Å². The molecule has 0 atom stereocenters. The lowest BCUT2D eigenvalue weighted by atomic mass is 10.2. The van der Waals surface area contributed by atoms with Crippen LogP contribution in [0.4, 0.5) is 11.4 Å². The first-order valence-electron chi connectivity index (χ1n) is 7.31. The maximum absolute atomic E-state index is 11.1. The predicted octanol–water partition coefficient (Wildman–Crippen LogP) is 4.67. The molecule has 1 heterocycles. The average molecular weight is 388 g/mol. The Balaban J connectivity index is 1.64. The van der Waals surface area contributed by atoms with E-state index >= 15 is 0 Å². The second-order valence-electron chi connectivity index (χ2n) is 5.11. The lowest BCUT2D eigenvalue weighted by Gasteiger charge is -2.06. The zero-order valence-electron chi connectivity index (χ0n) is 12.6. The molecule has 0 aliphatic heterocycles. The van der Waals surface area contributed by atoms with Crippen molar-refractivity contribution < 1.29 is 9.34 Å². The molecule has 0 fully saturated rings. The van der Waals surface area contributed by atoms with E-state index in [4.69, 9.17) is 4.42 Å². The van der Waals surface area contributed by atoms with Crippen LogP contribution < -0.4 is 5.32 Å². The zero-order valence-corrected chi connectivity index (χ0v) is 14.2. The van der Waals surface area contributed by atoms with Gasteiger partial charge in [0.05, 0.1) is 10.6 Å². The van der Waals surface area contributed by atoms with E-state index in [1.165, 1.54) is 6.07 Å². The molecule has 1 N–H and O–H groups in total. The van der Waals surface area contributed by atoms with Crippen LogP contribution in [0, 0.1) is 10.1 Å². The molecular weight excluding hydrogens is 374 g/mol. The van der Waals surface area contributed by atoms with Gasteiger partial charge in [-0.05, 0) is 24.3 Å². The lowest BCUT2D eigenvalue weighted by Crippen LogP contribution is -2.07. The van der Waals surface area contributed by atoms with E-state index in [1.807, 2.05) is 30.3 Å². The van der Waals surface area contributed by atoms with E-state index in [2.05, 4.69) is 26.2 Å². The summed E-state index contributed by atoms with van der Waals surface area (Å²) in [6.45, 7) is 0.517. The van der Waals surface area contributed by atoms with E-state index in [9.17, 15) is 10.1 Å². The Bertz CT molecular complexity index is 849. The third kappa shape index (κ3) is 3.80. The van der Waals surface area contributed by atoms with Crippen molar-refractivity contribution in [2.45, 2.75) is 6.42 Å². The highest BCUT2D eigenvalue weighted by molar-refractivity contribution is 9.10. The van der Waals surface area contributed by atoms with Crippen molar-refractivity contribution in [2.75, 3.05) is 11.9 Å². The molecule has 122 valence electrons. The Morgan fingerprint density at radius 1 is 1.21 bits per heavy atom. The van der Waals surface area contributed by atoms with Gasteiger partial charge in [-0.15, -0.1) is 0 Å². The summed E-state index contributed by atoms with van der Waals surface area (Å²) in [7, 11) is 0. The molecule has 2 aromatic carbocycles. The summed E-state index contributed by atoms with van der Waals surface area (Å²) < 4.78 is 6.15. The number of nitrogens with zero attached hydrogens (tertiary/aromatic N) is 2. The molecule has 0 saturated heterocycles. The molecule has 24 heavy (non-hydrogen) atoms. The summed E-state index contributed by atoms with van der Waals surface area (Å²) in [4.78, 5) is 15.1. The van der Waals surface area contributed by atoms with E-state index in [1.54, 1.807) is 18.4 Å². The Kier molecular flexibility index (Phi) is 4.90. The van der Waals surface area contributed by atoms with Gasteiger partial charge in [0, 0.05) is 29.1 Å². The average Bonchev–Trinajstić information content (AvgIpc) is 3.06. The molecule has 1 aromatic heterocycles. The van der Waals surface area contributed by atoms with Gasteiger partial charge in [0.25, 0.3) is 5.69 Å². The quantitative estimate of drug-likeness (QED) is 0.490. The van der Waals surface area contributed by atoms with E-state index in [0.29, 0.717) is 29.0 Å². The molecule has 0 aliphatic carbocycles. The lowest BCUT2D eigenvalue weighted by molar-refractivity contribution is -0.384. The van der Waals surface area contributed by atoms with Gasteiger partial charge >= 0.3 is 0 Å². The van der Waals surface area contributed by atoms with Gasteiger partial charge in [0.15, 0.2) is 0 Å². The van der Waals surface area contributed by atoms with Crippen molar-refractivity contribution in [1.82, 2.24) is 4.98 Å². The normalized spacial score (nSPS) is 10.5. The number of hydrogen-bond donors (Lipinski definition) is 1. The molecule has 0 spiro atoms. The van der Waals surface area contributed by atoms with Crippen molar-refractivity contribution >= 4 is 27.3 Å². The first-order valence-corrected chi connectivity index (χ1v) is 8.10. The number of benzene rings is 2. The Morgan fingerprint density at radius 2 is 2.00 bits per heavy atom. The fourth-order valence-electron chi connectivity index (χ4n) is 2.27. The minimum atomic E-state index is -0.406. The molecule has 7 heteroatoms. The van der Waals surface area contributed by atoms with Crippen molar-refractivity contribution in [3.05, 3.63) is 75.1 Å². The number of nitro groups is 1. The second-order valence-corrected chi connectivity index (χ2v) is 6.02. The summed E-state index contributed by atoms with van der Waals surface area (Å²) in [6.07, 6.45) is 2.21. The number of rotatable bonds is 6. The van der Waals surface area contributed by atoms with E-state index in [0.717, 1.165) is 11.3 Å². The molecule has 0 bridgehead atoms. The molecule has 3 rings (SSSR count). The first kappa shape index (κ1) is 16.2. The molecule has 3 aromatic rings. The first-order chi connectivity index (χ1) is 11.6. The highest BCUT2D eigenvalue weighted by Crippen LogP contribution is 2.28. The standard InChI is InChI=1S/C17H14BrN3O3/c18-13-6-7-15(16(10-13)21(22)23)19-9-8-14-11-24-17(20-14)12-4-2-1-3-5-12/h1-7,10-11,19H,8-9H2. The largest absolute Gasteiger partial charge is 0.444 e. The Labute approximate surface area is 146 Å². The summed E-state index contributed by atoms with van der Waals surface area (Å²) in [5.74, 6) is 0.570. The number of halogens is 1. The minimum absolute atomic E-state index is 0.0366. The topological polar surface area (TPSA) is 81.2 Å². The van der Waals surface area contributed by atoms with Crippen LogP contribution in [-0.4, -0.2) is 16.5 Å². The van der Waals surface area contributed by atoms with Crippen molar-refractivity contribution in [1.29, 1.82) is 0 Å². The molecule has 6 nitrogen and oxygen atoms in total. The van der Waals surface area contributed by atoms with Gasteiger partial charge in [0.2, 0.25) is 5.89 Å². The fraction of sp³-hybridized carbons (Fsp3) is 0.118. The third-order valence-corrected chi connectivity index (χ3v) is 3.92. The predicted molar refractivity (Wildman–Crippen MR) is 94.9 cm³/mol. The summed E-state index contributed by atoms with van der Waals surface area (Å²) in [6, 6.07) is 14.6. The summed E-state index contributed by atoms with van der Waals surface area (Å²) >= 11 is 3.24. The van der Waals surface area contributed by atoms with Crippen LogP contribution in [0.1, 0.15) is 5.69 Å². The highest BCUT2D eigenvalue weighted by atomic mass is 79.9. The zero-order chi connectivity index (χ0) is 16.9. The molecular formula is C17H14BrN3O3. The number of nitro benzene ring substituents is 1. The maximum atomic E-state index is 11.1. The summed E-state index contributed by atoms with van der Waals surface area (Å²) in [5.41, 5.74) is 2.23. The van der Waals surface area contributed by atoms with Crippen LogP contribution >= 0.6 is 15.9 Å². The van der Waals surface area contributed by atoms with Crippen molar-refractivity contribution in [3.63, 3.8) is 0 Å². The second kappa shape index (κ2) is 7.27. The van der Waals surface area contributed by atoms with Gasteiger partial charge < -0.3 is 9.73 Å². The number of oxazole rings is 1. The summed E-state index contributed by atoms with van der Waals surface area (Å²) in [5, 5.41) is 14.2. The van der Waals surface area contributed by atoms with Gasteiger partial charge in [-0.2, -0.15) is 0 Å². The van der Waals surface area contributed by atoms with Crippen LogP contribution in [-0.2, 0) is 6.42 Å². The molecule has 0 unspecified atom stereocenters. The Morgan fingerprint density at radius 3 is 2.75 bits per heavy atom. The van der Waals surface area contributed by atoms with Crippen LogP contribution in [0.5, 0.6) is 0 Å². The number of aromatic nitrogens is 1. The molecule has 0 radical (unpaired) electrons. The minimum Gasteiger partial charge on any atom is -0.444 e. The van der Waals surface area contributed by atoms with Crippen LogP contribution in [0.2, 0.25) is 0 Å². The van der Waals surface area contributed by atoms with E-state index < -0.39 is 4.92 Å². The maximum Gasteiger partial charge on any atom is 0.293 e. The van der Waals surface area contributed by atoms with Crippen molar-refractivity contribution in [2.24, 2.45) is 0 Å². The smallest absolute Gasteiger partial charge is 0.293 e.